The van der Waals surface area contributed by atoms with E-state index in [1.165, 1.54) is 6.42 Å². The molecule has 68 valence electrons. The fourth-order valence-corrected chi connectivity index (χ4v) is 1.64. The van der Waals surface area contributed by atoms with E-state index in [1.807, 2.05) is 0 Å². The Morgan fingerprint density at radius 2 is 2.08 bits per heavy atom. The molecule has 2 rings (SSSR count). The van der Waals surface area contributed by atoms with Gasteiger partial charge >= 0.3 is 0 Å². The van der Waals surface area contributed by atoms with E-state index in [1.54, 1.807) is 0 Å². The van der Waals surface area contributed by atoms with Crippen molar-refractivity contribution >= 4 is 5.91 Å². The summed E-state index contributed by atoms with van der Waals surface area (Å²) in [5.74, 6) is 1.39. The first kappa shape index (κ1) is 8.09. The zero-order valence-corrected chi connectivity index (χ0v) is 7.89. The first-order valence-electron chi connectivity index (χ1n) is 4.87. The van der Waals surface area contributed by atoms with Gasteiger partial charge in [-0.15, -0.1) is 0 Å². The van der Waals surface area contributed by atoms with E-state index < -0.39 is 0 Å². The summed E-state index contributed by atoms with van der Waals surface area (Å²) in [5, 5.41) is 3.02. The molecule has 0 radical (unpaired) electrons. The predicted molar refractivity (Wildman–Crippen MR) is 47.6 cm³/mol. The van der Waals surface area contributed by atoms with E-state index in [0.717, 1.165) is 25.3 Å². The summed E-state index contributed by atoms with van der Waals surface area (Å²) in [6, 6.07) is 0. The first-order chi connectivity index (χ1) is 5.59. The molecule has 12 heavy (non-hydrogen) atoms. The molecule has 0 aliphatic heterocycles. The minimum atomic E-state index is 0.290. The van der Waals surface area contributed by atoms with Gasteiger partial charge in [-0.1, -0.05) is 13.8 Å². The van der Waals surface area contributed by atoms with Gasteiger partial charge < -0.3 is 5.32 Å². The topological polar surface area (TPSA) is 29.1 Å². The zero-order valence-electron chi connectivity index (χ0n) is 7.89. The highest BCUT2D eigenvalue weighted by atomic mass is 16.2. The summed E-state index contributed by atoms with van der Waals surface area (Å²) in [6.07, 6.45) is 3.50. The van der Waals surface area contributed by atoms with E-state index >= 15 is 0 Å². The summed E-state index contributed by atoms with van der Waals surface area (Å²) in [4.78, 5) is 11.2. The minimum absolute atomic E-state index is 0.290. The van der Waals surface area contributed by atoms with Crippen molar-refractivity contribution in [2.75, 3.05) is 6.54 Å². The number of nitrogens with one attached hydrogen (secondary N) is 1. The number of carbonyl (C=O) groups is 1. The van der Waals surface area contributed by atoms with Crippen LogP contribution in [0, 0.1) is 17.3 Å². The normalized spacial score (nSPS) is 31.3. The smallest absolute Gasteiger partial charge is 0.223 e. The largest absolute Gasteiger partial charge is 0.356 e. The molecule has 2 aliphatic carbocycles. The molecule has 1 N–H and O–H groups in total. The highest BCUT2D eigenvalue weighted by molar-refractivity contribution is 5.80. The van der Waals surface area contributed by atoms with Crippen LogP contribution in [0.5, 0.6) is 0 Å². The molecular weight excluding hydrogens is 150 g/mol. The highest BCUT2D eigenvalue weighted by Crippen LogP contribution is 2.51. The summed E-state index contributed by atoms with van der Waals surface area (Å²) in [6.45, 7) is 5.43. The van der Waals surface area contributed by atoms with Crippen molar-refractivity contribution in [3.63, 3.8) is 0 Å². The second-order valence-corrected chi connectivity index (χ2v) is 4.91. The predicted octanol–water partition coefficient (Wildman–Crippen LogP) is 1.56. The Kier molecular flexibility index (Phi) is 1.67. The summed E-state index contributed by atoms with van der Waals surface area (Å²) in [5.41, 5.74) is 0.497. The lowest BCUT2D eigenvalue weighted by Gasteiger charge is -2.04. The molecule has 0 aromatic heterocycles. The Balaban J connectivity index is 1.66. The lowest BCUT2D eigenvalue weighted by molar-refractivity contribution is -0.122. The molecule has 0 heterocycles. The van der Waals surface area contributed by atoms with Gasteiger partial charge in [-0.3, -0.25) is 4.79 Å². The Morgan fingerprint density at radius 1 is 1.50 bits per heavy atom. The van der Waals surface area contributed by atoms with Crippen LogP contribution in [0.4, 0.5) is 0 Å². The summed E-state index contributed by atoms with van der Waals surface area (Å²) < 4.78 is 0. The zero-order chi connectivity index (χ0) is 8.77. The van der Waals surface area contributed by atoms with Gasteiger partial charge in [0.1, 0.15) is 0 Å². The van der Waals surface area contributed by atoms with Crippen molar-refractivity contribution in [2.24, 2.45) is 17.3 Å². The van der Waals surface area contributed by atoms with E-state index in [-0.39, 0.29) is 5.91 Å². The molecule has 0 aromatic rings. The van der Waals surface area contributed by atoms with Crippen molar-refractivity contribution in [1.82, 2.24) is 5.32 Å². The maximum atomic E-state index is 11.2. The maximum Gasteiger partial charge on any atom is 0.223 e. The van der Waals surface area contributed by atoms with E-state index in [9.17, 15) is 4.79 Å². The van der Waals surface area contributed by atoms with Gasteiger partial charge in [-0.2, -0.15) is 0 Å². The molecule has 2 nitrogen and oxygen atoms in total. The Bertz CT molecular complexity index is 206. The standard InChI is InChI=1S/C10H17NO/c1-10(2)5-8(10)6-11-9(12)7-3-4-7/h7-8H,3-6H2,1-2H3,(H,11,12). The van der Waals surface area contributed by atoms with Crippen LogP contribution in [0.2, 0.25) is 0 Å². The minimum Gasteiger partial charge on any atom is -0.356 e. The van der Waals surface area contributed by atoms with Crippen molar-refractivity contribution in [2.45, 2.75) is 33.1 Å². The van der Waals surface area contributed by atoms with Crippen LogP contribution in [-0.2, 0) is 4.79 Å². The second-order valence-electron chi connectivity index (χ2n) is 4.91. The van der Waals surface area contributed by atoms with Crippen LogP contribution in [-0.4, -0.2) is 12.5 Å². The molecule has 1 amide bonds. The Morgan fingerprint density at radius 3 is 2.50 bits per heavy atom. The third-order valence-electron chi connectivity index (χ3n) is 3.19. The van der Waals surface area contributed by atoms with Gasteiger partial charge in [0.2, 0.25) is 5.91 Å². The average molecular weight is 167 g/mol. The van der Waals surface area contributed by atoms with E-state index in [2.05, 4.69) is 19.2 Å². The molecule has 0 bridgehead atoms. The van der Waals surface area contributed by atoms with Crippen LogP contribution in [0.15, 0.2) is 0 Å². The van der Waals surface area contributed by atoms with Gasteiger partial charge in [0.25, 0.3) is 0 Å². The fraction of sp³-hybridized carbons (Fsp3) is 0.900. The van der Waals surface area contributed by atoms with Gasteiger partial charge in [0.15, 0.2) is 0 Å². The van der Waals surface area contributed by atoms with Gasteiger partial charge in [-0.05, 0) is 30.6 Å². The molecule has 2 aliphatic rings. The quantitative estimate of drug-likeness (QED) is 0.679. The number of hydrogen-bond donors (Lipinski definition) is 1. The van der Waals surface area contributed by atoms with Gasteiger partial charge in [0, 0.05) is 12.5 Å². The molecule has 1 atom stereocenters. The third kappa shape index (κ3) is 1.62. The number of carbonyl (C=O) groups excluding carboxylic acids is 1. The number of rotatable bonds is 3. The number of amides is 1. The van der Waals surface area contributed by atoms with Crippen molar-refractivity contribution in [3.8, 4) is 0 Å². The van der Waals surface area contributed by atoms with Gasteiger partial charge in [0.05, 0.1) is 0 Å². The Hall–Kier alpha value is -0.530. The van der Waals surface area contributed by atoms with Crippen LogP contribution < -0.4 is 5.32 Å². The third-order valence-corrected chi connectivity index (χ3v) is 3.19. The van der Waals surface area contributed by atoms with Crippen molar-refractivity contribution < 1.29 is 4.79 Å². The second kappa shape index (κ2) is 2.48. The fourth-order valence-electron chi connectivity index (χ4n) is 1.64. The molecule has 1 unspecified atom stereocenters. The summed E-state index contributed by atoms with van der Waals surface area (Å²) >= 11 is 0. The molecule has 0 spiro atoms. The molecular formula is C10H17NO. The first-order valence-corrected chi connectivity index (χ1v) is 4.87. The molecule has 0 aromatic carbocycles. The van der Waals surface area contributed by atoms with E-state index in [0.29, 0.717) is 11.3 Å². The van der Waals surface area contributed by atoms with Crippen molar-refractivity contribution in [1.29, 1.82) is 0 Å². The lowest BCUT2D eigenvalue weighted by atomic mass is 10.1. The molecule has 2 heteroatoms. The SMILES string of the molecule is CC1(C)CC1CNC(=O)C1CC1. The Labute approximate surface area is 73.7 Å². The molecule has 0 saturated heterocycles. The van der Waals surface area contributed by atoms with Crippen LogP contribution in [0.25, 0.3) is 0 Å². The van der Waals surface area contributed by atoms with Crippen LogP contribution in [0.3, 0.4) is 0 Å². The lowest BCUT2D eigenvalue weighted by Crippen LogP contribution is -2.27. The highest BCUT2D eigenvalue weighted by Gasteiger charge is 2.45. The number of hydrogen-bond acceptors (Lipinski definition) is 1. The van der Waals surface area contributed by atoms with Crippen LogP contribution in [0.1, 0.15) is 33.1 Å². The summed E-state index contributed by atoms with van der Waals surface area (Å²) in [7, 11) is 0. The van der Waals surface area contributed by atoms with Crippen LogP contribution >= 0.6 is 0 Å². The monoisotopic (exact) mass is 167 g/mol. The van der Waals surface area contributed by atoms with Crippen molar-refractivity contribution in [3.05, 3.63) is 0 Å². The molecule has 2 saturated carbocycles. The molecule has 2 fully saturated rings. The van der Waals surface area contributed by atoms with Gasteiger partial charge in [-0.25, -0.2) is 0 Å². The van der Waals surface area contributed by atoms with E-state index in [4.69, 9.17) is 0 Å². The average Bonchev–Trinajstić information content (AvgIpc) is 2.81. The maximum absolute atomic E-state index is 11.2.